The van der Waals surface area contributed by atoms with Crippen LogP contribution in [-0.2, 0) is 20.7 Å². The quantitative estimate of drug-likeness (QED) is 0.735. The Kier molecular flexibility index (Phi) is 6.98. The summed E-state index contributed by atoms with van der Waals surface area (Å²) in [5.41, 5.74) is 1.91. The second kappa shape index (κ2) is 9.88. The van der Waals surface area contributed by atoms with Crippen molar-refractivity contribution in [1.82, 2.24) is 5.32 Å². The minimum absolute atomic E-state index is 0.0838. The summed E-state index contributed by atoms with van der Waals surface area (Å²) in [5.74, 6) is -1.18. The minimum Gasteiger partial charge on any atom is -0.381 e. The smallest absolute Gasteiger partial charge is 0.226 e. The van der Waals surface area contributed by atoms with Crippen molar-refractivity contribution >= 4 is 5.91 Å². The lowest BCUT2D eigenvalue weighted by molar-refractivity contribution is -0.137. The molecule has 2 aromatic rings. The van der Waals surface area contributed by atoms with Crippen LogP contribution >= 0.6 is 0 Å². The van der Waals surface area contributed by atoms with Gasteiger partial charge >= 0.3 is 0 Å². The standard InChI is InChI=1S/C25H29F2NO3/c26-22-5-4-21(15-23(22)27)20-3-1-2-19(14-20)16-25(8-12-31-13-9-25)24(29)28-17-18-6-10-30-11-7-18/h1-5,14-15,18H,6-13,16-17H2,(H,28,29). The predicted molar refractivity (Wildman–Crippen MR) is 115 cm³/mol. The summed E-state index contributed by atoms with van der Waals surface area (Å²) in [6.07, 6.45) is 3.89. The molecule has 1 amide bonds. The van der Waals surface area contributed by atoms with E-state index in [0.717, 1.165) is 43.2 Å². The molecular formula is C25H29F2NO3. The van der Waals surface area contributed by atoms with Gasteiger partial charge in [0.05, 0.1) is 5.41 Å². The van der Waals surface area contributed by atoms with Crippen LogP contribution in [0, 0.1) is 23.0 Å². The van der Waals surface area contributed by atoms with Gasteiger partial charge in [0.15, 0.2) is 11.6 Å². The Morgan fingerprint density at radius 2 is 1.65 bits per heavy atom. The normalized spacial score (nSPS) is 19.2. The third-order valence-electron chi connectivity index (χ3n) is 6.55. The molecule has 0 spiro atoms. The predicted octanol–water partition coefficient (Wildman–Crippen LogP) is 4.51. The Balaban J connectivity index is 1.50. The van der Waals surface area contributed by atoms with Crippen LogP contribution in [0.3, 0.4) is 0 Å². The maximum absolute atomic E-state index is 13.7. The second-order valence-corrected chi connectivity index (χ2v) is 8.66. The van der Waals surface area contributed by atoms with Crippen molar-refractivity contribution in [2.45, 2.75) is 32.1 Å². The summed E-state index contributed by atoms with van der Waals surface area (Å²) in [6.45, 7) is 3.33. The van der Waals surface area contributed by atoms with E-state index in [2.05, 4.69) is 5.32 Å². The van der Waals surface area contributed by atoms with E-state index < -0.39 is 17.0 Å². The molecule has 2 aliphatic heterocycles. The highest BCUT2D eigenvalue weighted by molar-refractivity contribution is 5.83. The van der Waals surface area contributed by atoms with Crippen LogP contribution in [0.2, 0.25) is 0 Å². The van der Waals surface area contributed by atoms with Crippen molar-refractivity contribution in [1.29, 1.82) is 0 Å². The van der Waals surface area contributed by atoms with Crippen molar-refractivity contribution in [3.63, 3.8) is 0 Å². The van der Waals surface area contributed by atoms with E-state index in [0.29, 0.717) is 50.5 Å². The average Bonchev–Trinajstić information content (AvgIpc) is 2.80. The monoisotopic (exact) mass is 429 g/mol. The lowest BCUT2D eigenvalue weighted by Crippen LogP contribution is -2.47. The molecule has 0 aliphatic carbocycles. The molecule has 0 saturated carbocycles. The molecule has 31 heavy (non-hydrogen) atoms. The van der Waals surface area contributed by atoms with Gasteiger partial charge in [-0.25, -0.2) is 8.78 Å². The van der Waals surface area contributed by atoms with E-state index in [1.165, 1.54) is 6.07 Å². The molecule has 4 nitrogen and oxygen atoms in total. The molecule has 6 heteroatoms. The second-order valence-electron chi connectivity index (χ2n) is 8.66. The molecule has 0 atom stereocenters. The zero-order valence-electron chi connectivity index (χ0n) is 17.7. The first-order valence-corrected chi connectivity index (χ1v) is 11.0. The van der Waals surface area contributed by atoms with Crippen LogP contribution in [0.4, 0.5) is 8.78 Å². The number of halogens is 2. The molecule has 2 fully saturated rings. The number of rotatable bonds is 6. The molecule has 1 N–H and O–H groups in total. The van der Waals surface area contributed by atoms with Crippen LogP contribution in [0.5, 0.6) is 0 Å². The van der Waals surface area contributed by atoms with Crippen molar-refractivity contribution in [3.8, 4) is 11.1 Å². The summed E-state index contributed by atoms with van der Waals surface area (Å²) in [5, 5.41) is 3.20. The maximum Gasteiger partial charge on any atom is 0.226 e. The third kappa shape index (κ3) is 5.31. The molecule has 0 unspecified atom stereocenters. The van der Waals surface area contributed by atoms with Crippen LogP contribution in [0.25, 0.3) is 11.1 Å². The van der Waals surface area contributed by atoms with E-state index in [1.54, 1.807) is 6.07 Å². The zero-order chi connectivity index (χ0) is 21.7. The minimum atomic E-state index is -0.865. The molecule has 2 aliphatic rings. The van der Waals surface area contributed by atoms with E-state index in [9.17, 15) is 13.6 Å². The zero-order valence-corrected chi connectivity index (χ0v) is 17.7. The molecule has 2 saturated heterocycles. The SMILES string of the molecule is O=C(NCC1CCOCC1)C1(Cc2cccc(-c3ccc(F)c(F)c3)c2)CCOCC1. The van der Waals surface area contributed by atoms with Crippen molar-refractivity contribution < 1.29 is 23.0 Å². The van der Waals surface area contributed by atoms with E-state index in [-0.39, 0.29) is 5.91 Å². The summed E-state index contributed by atoms with van der Waals surface area (Å²) in [7, 11) is 0. The van der Waals surface area contributed by atoms with Crippen LogP contribution in [0.1, 0.15) is 31.2 Å². The van der Waals surface area contributed by atoms with Gasteiger partial charge in [-0.15, -0.1) is 0 Å². The van der Waals surface area contributed by atoms with Gasteiger partial charge < -0.3 is 14.8 Å². The summed E-state index contributed by atoms with van der Waals surface area (Å²) in [6, 6.07) is 11.7. The van der Waals surface area contributed by atoms with Crippen LogP contribution in [-0.4, -0.2) is 38.9 Å². The van der Waals surface area contributed by atoms with Gasteiger partial charge in [-0.1, -0.05) is 30.3 Å². The van der Waals surface area contributed by atoms with Gasteiger partial charge in [0.2, 0.25) is 5.91 Å². The van der Waals surface area contributed by atoms with Crippen molar-refractivity contribution in [3.05, 3.63) is 59.7 Å². The van der Waals surface area contributed by atoms with E-state index >= 15 is 0 Å². The van der Waals surface area contributed by atoms with Gasteiger partial charge in [0.25, 0.3) is 0 Å². The molecule has 0 bridgehead atoms. The maximum atomic E-state index is 13.7. The van der Waals surface area contributed by atoms with E-state index in [1.807, 2.05) is 24.3 Å². The molecule has 2 heterocycles. The van der Waals surface area contributed by atoms with Crippen molar-refractivity contribution in [2.24, 2.45) is 11.3 Å². The fourth-order valence-corrected chi connectivity index (χ4v) is 4.55. The number of carbonyl (C=O) groups is 1. The first-order chi connectivity index (χ1) is 15.1. The molecule has 0 aromatic heterocycles. The van der Waals surface area contributed by atoms with Gasteiger partial charge in [0, 0.05) is 33.0 Å². The lowest BCUT2D eigenvalue weighted by atomic mass is 9.74. The first-order valence-electron chi connectivity index (χ1n) is 11.0. The van der Waals surface area contributed by atoms with Crippen LogP contribution < -0.4 is 5.32 Å². The fourth-order valence-electron chi connectivity index (χ4n) is 4.55. The number of hydrogen-bond acceptors (Lipinski definition) is 3. The fraction of sp³-hybridized carbons (Fsp3) is 0.480. The largest absolute Gasteiger partial charge is 0.381 e. The highest BCUT2D eigenvalue weighted by atomic mass is 19.2. The Bertz CT molecular complexity index is 905. The molecule has 2 aromatic carbocycles. The molecule has 4 rings (SSSR count). The molecule has 166 valence electrons. The Morgan fingerprint density at radius 1 is 0.935 bits per heavy atom. The van der Waals surface area contributed by atoms with Gasteiger partial charge in [-0.05, 0) is 66.8 Å². The van der Waals surface area contributed by atoms with Crippen LogP contribution in [0.15, 0.2) is 42.5 Å². The summed E-state index contributed by atoms with van der Waals surface area (Å²) in [4.78, 5) is 13.3. The first kappa shape index (κ1) is 21.9. The lowest BCUT2D eigenvalue weighted by Gasteiger charge is -2.36. The number of hydrogen-bond donors (Lipinski definition) is 1. The molecule has 0 radical (unpaired) electrons. The summed E-state index contributed by atoms with van der Waals surface area (Å²) >= 11 is 0. The topological polar surface area (TPSA) is 47.6 Å². The number of nitrogens with one attached hydrogen (secondary N) is 1. The van der Waals surface area contributed by atoms with Crippen molar-refractivity contribution in [2.75, 3.05) is 33.0 Å². The Hall–Kier alpha value is -2.31. The number of amides is 1. The number of ether oxygens (including phenoxy) is 2. The van der Waals surface area contributed by atoms with Gasteiger partial charge in [0.1, 0.15) is 0 Å². The van der Waals surface area contributed by atoms with Gasteiger partial charge in [-0.3, -0.25) is 4.79 Å². The Morgan fingerprint density at radius 3 is 2.39 bits per heavy atom. The Labute approximate surface area is 181 Å². The average molecular weight is 430 g/mol. The summed E-state index contributed by atoms with van der Waals surface area (Å²) < 4.78 is 38.0. The van der Waals surface area contributed by atoms with E-state index in [4.69, 9.17) is 9.47 Å². The number of benzene rings is 2. The number of carbonyl (C=O) groups excluding carboxylic acids is 1. The molecular weight excluding hydrogens is 400 g/mol. The van der Waals surface area contributed by atoms with Gasteiger partial charge in [-0.2, -0.15) is 0 Å². The third-order valence-corrected chi connectivity index (χ3v) is 6.55. The highest BCUT2D eigenvalue weighted by Crippen LogP contribution is 2.36. The highest BCUT2D eigenvalue weighted by Gasteiger charge is 2.40.